The molecule has 0 fully saturated rings. The van der Waals surface area contributed by atoms with Gasteiger partial charge in [0, 0.05) is 30.9 Å². The molecule has 1 aromatic carbocycles. The van der Waals surface area contributed by atoms with Gasteiger partial charge in [0.25, 0.3) is 5.91 Å². The fraction of sp³-hybridized carbons (Fsp3) is 0.312. The van der Waals surface area contributed by atoms with Gasteiger partial charge in [-0.05, 0) is 18.6 Å². The molecule has 0 saturated carbocycles. The van der Waals surface area contributed by atoms with Crippen molar-refractivity contribution in [1.82, 2.24) is 9.88 Å². The minimum absolute atomic E-state index is 0.247. The monoisotopic (exact) mass is 350 g/mol. The third-order valence-electron chi connectivity index (χ3n) is 3.01. The first-order valence-corrected chi connectivity index (χ1v) is 8.84. The van der Waals surface area contributed by atoms with Crippen molar-refractivity contribution in [2.45, 2.75) is 17.0 Å². The van der Waals surface area contributed by atoms with E-state index in [0.717, 1.165) is 15.6 Å². The van der Waals surface area contributed by atoms with Gasteiger partial charge in [-0.25, -0.2) is 9.78 Å². The highest BCUT2D eigenvalue weighted by atomic mass is 32.2. The van der Waals surface area contributed by atoms with Crippen LogP contribution in [-0.4, -0.2) is 42.5 Å². The number of thiazole rings is 1. The molecule has 0 unspecified atom stereocenters. The van der Waals surface area contributed by atoms with E-state index in [2.05, 4.69) is 4.98 Å². The number of ether oxygens (including phenoxy) is 1. The van der Waals surface area contributed by atoms with Crippen LogP contribution in [0.15, 0.2) is 34.0 Å². The summed E-state index contributed by atoms with van der Waals surface area (Å²) in [6.07, 6.45) is 0. The summed E-state index contributed by atoms with van der Waals surface area (Å²) in [6, 6.07) is 7.26. The topological polar surface area (TPSA) is 59.5 Å². The van der Waals surface area contributed by atoms with Gasteiger partial charge in [0.15, 0.2) is 6.61 Å². The predicted molar refractivity (Wildman–Crippen MR) is 91.8 cm³/mol. The Kier molecular flexibility index (Phi) is 6.18. The van der Waals surface area contributed by atoms with Crippen molar-refractivity contribution in [3.63, 3.8) is 0 Å². The number of aryl methyl sites for hydroxylation is 1. The number of carbonyl (C=O) groups is 2. The van der Waals surface area contributed by atoms with Crippen molar-refractivity contribution in [1.29, 1.82) is 0 Å². The van der Waals surface area contributed by atoms with Gasteiger partial charge in [0.1, 0.15) is 4.34 Å². The lowest BCUT2D eigenvalue weighted by Gasteiger charge is -2.12. The van der Waals surface area contributed by atoms with Crippen LogP contribution < -0.4 is 0 Å². The van der Waals surface area contributed by atoms with Crippen LogP contribution >= 0.6 is 23.1 Å². The van der Waals surface area contributed by atoms with E-state index in [9.17, 15) is 9.59 Å². The second-order valence-electron chi connectivity index (χ2n) is 5.06. The molecule has 23 heavy (non-hydrogen) atoms. The van der Waals surface area contributed by atoms with Crippen LogP contribution in [0.1, 0.15) is 21.6 Å². The fourth-order valence-electron chi connectivity index (χ4n) is 1.72. The zero-order valence-corrected chi connectivity index (χ0v) is 14.9. The molecule has 1 heterocycles. The van der Waals surface area contributed by atoms with Gasteiger partial charge in [0.2, 0.25) is 0 Å². The molecule has 2 aromatic rings. The van der Waals surface area contributed by atoms with Crippen molar-refractivity contribution in [2.24, 2.45) is 0 Å². The van der Waals surface area contributed by atoms with Crippen molar-refractivity contribution in [2.75, 3.05) is 20.7 Å². The number of thioether (sulfide) groups is 1. The van der Waals surface area contributed by atoms with Crippen LogP contribution in [0.25, 0.3) is 0 Å². The zero-order valence-electron chi connectivity index (χ0n) is 13.2. The van der Waals surface area contributed by atoms with E-state index in [1.807, 2.05) is 24.4 Å². The smallest absolute Gasteiger partial charge is 0.338 e. The highest BCUT2D eigenvalue weighted by Crippen LogP contribution is 2.27. The van der Waals surface area contributed by atoms with Crippen LogP contribution in [0.3, 0.4) is 0 Å². The molecule has 0 N–H and O–H groups in total. The molecule has 0 atom stereocenters. The largest absolute Gasteiger partial charge is 0.452 e. The highest BCUT2D eigenvalue weighted by molar-refractivity contribution is 8.00. The Morgan fingerprint density at radius 1 is 1.30 bits per heavy atom. The van der Waals surface area contributed by atoms with Crippen molar-refractivity contribution in [3.8, 4) is 0 Å². The van der Waals surface area contributed by atoms with Gasteiger partial charge < -0.3 is 9.64 Å². The van der Waals surface area contributed by atoms with Crippen LogP contribution in [0.2, 0.25) is 0 Å². The van der Waals surface area contributed by atoms with E-state index >= 15 is 0 Å². The summed E-state index contributed by atoms with van der Waals surface area (Å²) >= 11 is 3.17. The summed E-state index contributed by atoms with van der Waals surface area (Å²) in [5.74, 6) is -0.102. The van der Waals surface area contributed by atoms with Gasteiger partial charge in [-0.1, -0.05) is 30.0 Å². The molecule has 122 valence electrons. The van der Waals surface area contributed by atoms with Gasteiger partial charge in [-0.15, -0.1) is 11.3 Å². The summed E-state index contributed by atoms with van der Waals surface area (Å²) in [5, 5.41) is 2.00. The van der Waals surface area contributed by atoms with Gasteiger partial charge >= 0.3 is 5.97 Å². The summed E-state index contributed by atoms with van der Waals surface area (Å²) in [6.45, 7) is 1.70. The molecule has 0 saturated heterocycles. The lowest BCUT2D eigenvalue weighted by Crippen LogP contribution is -2.27. The van der Waals surface area contributed by atoms with Crippen molar-refractivity contribution in [3.05, 3.63) is 46.5 Å². The number of amides is 1. The van der Waals surface area contributed by atoms with Gasteiger partial charge in [-0.2, -0.15) is 0 Å². The molecule has 0 spiro atoms. The highest BCUT2D eigenvalue weighted by Gasteiger charge is 2.15. The maximum Gasteiger partial charge on any atom is 0.338 e. The molecule has 5 nitrogen and oxygen atoms in total. The van der Waals surface area contributed by atoms with Crippen LogP contribution in [0, 0.1) is 6.92 Å². The number of aromatic nitrogens is 1. The minimum atomic E-state index is -0.480. The first kappa shape index (κ1) is 17.5. The van der Waals surface area contributed by atoms with Gasteiger partial charge in [0.05, 0.1) is 5.56 Å². The average Bonchev–Trinajstić information content (AvgIpc) is 2.96. The predicted octanol–water partition coefficient (Wildman–Crippen LogP) is 2.99. The lowest BCUT2D eigenvalue weighted by molar-refractivity contribution is -0.131. The Labute approximate surface area is 143 Å². The number of esters is 1. The number of hydrogen-bond donors (Lipinski definition) is 0. The fourth-order valence-corrected chi connectivity index (χ4v) is 3.57. The third-order valence-corrected chi connectivity index (χ3v) is 5.20. The lowest BCUT2D eigenvalue weighted by atomic mass is 10.1. The third kappa shape index (κ3) is 5.07. The Balaban J connectivity index is 2.01. The molecule has 0 bridgehead atoms. The van der Waals surface area contributed by atoms with E-state index in [1.165, 1.54) is 4.90 Å². The molecule has 2 rings (SSSR count). The maximum absolute atomic E-state index is 12.2. The Morgan fingerprint density at radius 2 is 2.04 bits per heavy atom. The van der Waals surface area contributed by atoms with E-state index in [0.29, 0.717) is 11.3 Å². The number of likely N-dealkylation sites (N-methyl/N-ethyl adjacent to an activating group) is 1. The summed E-state index contributed by atoms with van der Waals surface area (Å²) in [5.41, 5.74) is 2.35. The van der Waals surface area contributed by atoms with E-state index in [4.69, 9.17) is 4.74 Å². The molecule has 1 amide bonds. The molecule has 0 aliphatic rings. The van der Waals surface area contributed by atoms with Gasteiger partial charge in [-0.3, -0.25) is 4.79 Å². The Hall–Kier alpha value is -1.86. The number of nitrogens with zero attached hydrogens (tertiary/aromatic N) is 2. The summed E-state index contributed by atoms with van der Waals surface area (Å²) in [4.78, 5) is 29.5. The first-order valence-electron chi connectivity index (χ1n) is 6.97. The summed E-state index contributed by atoms with van der Waals surface area (Å²) < 4.78 is 6.06. The zero-order chi connectivity index (χ0) is 16.8. The second-order valence-corrected chi connectivity index (χ2v) is 7.15. The molecular weight excluding hydrogens is 332 g/mol. The van der Waals surface area contributed by atoms with Crippen molar-refractivity contribution >= 4 is 35.0 Å². The second kappa shape index (κ2) is 8.12. The van der Waals surface area contributed by atoms with Crippen molar-refractivity contribution < 1.29 is 14.3 Å². The van der Waals surface area contributed by atoms with Crippen LogP contribution in [0.5, 0.6) is 0 Å². The van der Waals surface area contributed by atoms with Crippen LogP contribution in [0.4, 0.5) is 0 Å². The molecule has 1 aromatic heterocycles. The standard InChI is InChI=1S/C16H18N2O3S2/c1-11-9-22-16(17-11)23-10-12-6-4-5-7-13(12)15(20)21-8-14(19)18(2)3/h4-7,9H,8,10H2,1-3H3. The average molecular weight is 350 g/mol. The first-order chi connectivity index (χ1) is 11.0. The molecule has 0 radical (unpaired) electrons. The van der Waals surface area contributed by atoms with E-state index < -0.39 is 5.97 Å². The molecule has 0 aliphatic carbocycles. The van der Waals surface area contributed by atoms with Crippen LogP contribution in [-0.2, 0) is 15.3 Å². The Bertz CT molecular complexity index is 698. The molecular formula is C16H18N2O3S2. The van der Waals surface area contributed by atoms with E-state index in [1.54, 1.807) is 49.3 Å². The maximum atomic E-state index is 12.2. The minimum Gasteiger partial charge on any atom is -0.452 e. The Morgan fingerprint density at radius 3 is 2.70 bits per heavy atom. The molecule has 0 aliphatic heterocycles. The number of rotatable bonds is 6. The molecule has 7 heteroatoms. The number of hydrogen-bond acceptors (Lipinski definition) is 6. The quantitative estimate of drug-likeness (QED) is 0.592. The summed E-state index contributed by atoms with van der Waals surface area (Å²) in [7, 11) is 3.24. The SMILES string of the molecule is Cc1csc(SCc2ccccc2C(=O)OCC(=O)N(C)C)n1. The normalized spacial score (nSPS) is 10.4. The number of benzene rings is 1. The number of carbonyl (C=O) groups excluding carboxylic acids is 2. The van der Waals surface area contributed by atoms with E-state index in [-0.39, 0.29) is 12.5 Å².